The summed E-state index contributed by atoms with van der Waals surface area (Å²) in [6.07, 6.45) is 3.26. The average molecular weight is 223 g/mol. The van der Waals surface area contributed by atoms with Gasteiger partial charge in [-0.05, 0) is 52.6 Å². The van der Waals surface area contributed by atoms with E-state index in [4.69, 9.17) is 5.26 Å². The summed E-state index contributed by atoms with van der Waals surface area (Å²) in [6, 6.07) is 3.20. The van der Waals surface area contributed by atoms with Crippen LogP contribution in [-0.2, 0) is 0 Å². The van der Waals surface area contributed by atoms with Crippen molar-refractivity contribution in [2.24, 2.45) is 5.92 Å². The van der Waals surface area contributed by atoms with E-state index in [2.05, 4.69) is 37.1 Å². The maximum Gasteiger partial charge on any atom is 0.0638 e. The van der Waals surface area contributed by atoms with Crippen molar-refractivity contribution in [1.82, 2.24) is 10.2 Å². The fourth-order valence-electron chi connectivity index (χ4n) is 2.53. The van der Waals surface area contributed by atoms with Crippen LogP contribution in [0.4, 0.5) is 0 Å². The molecule has 92 valence electrons. The summed E-state index contributed by atoms with van der Waals surface area (Å²) in [5.41, 5.74) is 0. The summed E-state index contributed by atoms with van der Waals surface area (Å²) in [6.45, 7) is 10.1. The van der Waals surface area contributed by atoms with E-state index >= 15 is 0 Å². The third kappa shape index (κ3) is 4.11. The molecule has 0 aromatic carbocycles. The first kappa shape index (κ1) is 13.5. The molecule has 1 heterocycles. The molecule has 1 saturated heterocycles. The van der Waals surface area contributed by atoms with E-state index in [1.807, 2.05) is 0 Å². The molecule has 16 heavy (non-hydrogen) atoms. The fraction of sp³-hybridized carbons (Fsp3) is 0.923. The second kappa shape index (κ2) is 6.88. The molecule has 1 fully saturated rings. The van der Waals surface area contributed by atoms with Crippen LogP contribution in [0, 0.1) is 17.2 Å². The largest absolute Gasteiger partial charge is 0.316 e. The summed E-state index contributed by atoms with van der Waals surface area (Å²) >= 11 is 0. The van der Waals surface area contributed by atoms with Crippen molar-refractivity contribution in [2.75, 3.05) is 19.6 Å². The van der Waals surface area contributed by atoms with Crippen molar-refractivity contribution in [2.45, 2.75) is 52.1 Å². The number of nitrogens with zero attached hydrogens (tertiary/aromatic N) is 2. The second-order valence-electron chi connectivity index (χ2n) is 5.21. The van der Waals surface area contributed by atoms with Gasteiger partial charge < -0.3 is 5.32 Å². The van der Waals surface area contributed by atoms with Gasteiger partial charge in [0.25, 0.3) is 0 Å². The standard InChI is InChI=1S/C13H25N3/c1-11(2)16(12(3)6-7-14)10-13-5-4-8-15-9-13/h11-13,15H,4-6,8-10H2,1-3H3. The maximum atomic E-state index is 8.78. The minimum absolute atomic E-state index is 0.381. The first-order valence-corrected chi connectivity index (χ1v) is 6.48. The lowest BCUT2D eigenvalue weighted by atomic mass is 9.97. The average Bonchev–Trinajstić information content (AvgIpc) is 2.27. The maximum absolute atomic E-state index is 8.78. The molecule has 0 bridgehead atoms. The molecular weight excluding hydrogens is 198 g/mol. The van der Waals surface area contributed by atoms with E-state index < -0.39 is 0 Å². The van der Waals surface area contributed by atoms with Gasteiger partial charge in [0.1, 0.15) is 0 Å². The van der Waals surface area contributed by atoms with Crippen LogP contribution in [0.1, 0.15) is 40.0 Å². The number of rotatable bonds is 5. The Hall–Kier alpha value is -0.590. The Morgan fingerprint density at radius 3 is 2.69 bits per heavy atom. The van der Waals surface area contributed by atoms with E-state index in [9.17, 15) is 0 Å². The number of hydrogen-bond acceptors (Lipinski definition) is 3. The van der Waals surface area contributed by atoms with Gasteiger partial charge in [-0.3, -0.25) is 4.90 Å². The third-order valence-electron chi connectivity index (χ3n) is 3.48. The van der Waals surface area contributed by atoms with Gasteiger partial charge in [0, 0.05) is 18.6 Å². The Morgan fingerprint density at radius 1 is 1.44 bits per heavy atom. The van der Waals surface area contributed by atoms with E-state index in [1.165, 1.54) is 19.4 Å². The minimum atomic E-state index is 0.381. The molecule has 0 aliphatic carbocycles. The summed E-state index contributed by atoms with van der Waals surface area (Å²) in [7, 11) is 0. The first-order chi connectivity index (χ1) is 7.65. The second-order valence-corrected chi connectivity index (χ2v) is 5.21. The van der Waals surface area contributed by atoms with Crippen molar-refractivity contribution >= 4 is 0 Å². The van der Waals surface area contributed by atoms with Crippen molar-refractivity contribution in [3.05, 3.63) is 0 Å². The van der Waals surface area contributed by atoms with Crippen LogP contribution in [0.2, 0.25) is 0 Å². The van der Waals surface area contributed by atoms with Crippen LogP contribution in [-0.4, -0.2) is 36.6 Å². The van der Waals surface area contributed by atoms with Gasteiger partial charge in [-0.1, -0.05) is 0 Å². The molecule has 0 aromatic heterocycles. The van der Waals surface area contributed by atoms with Gasteiger partial charge in [-0.2, -0.15) is 5.26 Å². The van der Waals surface area contributed by atoms with Gasteiger partial charge in [0.2, 0.25) is 0 Å². The van der Waals surface area contributed by atoms with Crippen molar-refractivity contribution < 1.29 is 0 Å². The Kier molecular flexibility index (Phi) is 5.79. The topological polar surface area (TPSA) is 39.1 Å². The van der Waals surface area contributed by atoms with E-state index in [0.29, 0.717) is 18.5 Å². The number of nitriles is 1. The van der Waals surface area contributed by atoms with Crippen LogP contribution in [0.3, 0.4) is 0 Å². The predicted molar refractivity (Wildman–Crippen MR) is 67.1 cm³/mol. The van der Waals surface area contributed by atoms with Crippen molar-refractivity contribution in [3.63, 3.8) is 0 Å². The molecule has 0 spiro atoms. The zero-order chi connectivity index (χ0) is 12.0. The Bertz CT molecular complexity index is 226. The van der Waals surface area contributed by atoms with Crippen LogP contribution in [0.25, 0.3) is 0 Å². The Morgan fingerprint density at radius 2 is 2.19 bits per heavy atom. The zero-order valence-electron chi connectivity index (χ0n) is 10.9. The SMILES string of the molecule is CC(C)N(CC1CCCNC1)C(C)CC#N. The third-order valence-corrected chi connectivity index (χ3v) is 3.48. The lowest BCUT2D eigenvalue weighted by Gasteiger charge is -2.36. The highest BCUT2D eigenvalue weighted by Gasteiger charge is 2.22. The summed E-state index contributed by atoms with van der Waals surface area (Å²) in [5.74, 6) is 0.761. The van der Waals surface area contributed by atoms with Crippen LogP contribution in [0.15, 0.2) is 0 Å². The van der Waals surface area contributed by atoms with E-state index in [1.54, 1.807) is 0 Å². The van der Waals surface area contributed by atoms with Gasteiger partial charge in [-0.15, -0.1) is 0 Å². The number of nitrogens with one attached hydrogen (secondary N) is 1. The van der Waals surface area contributed by atoms with Gasteiger partial charge in [0.15, 0.2) is 0 Å². The van der Waals surface area contributed by atoms with Crippen LogP contribution < -0.4 is 5.32 Å². The monoisotopic (exact) mass is 223 g/mol. The van der Waals surface area contributed by atoms with Gasteiger partial charge >= 0.3 is 0 Å². The molecule has 1 aliphatic rings. The van der Waals surface area contributed by atoms with Crippen molar-refractivity contribution in [3.8, 4) is 6.07 Å². The lowest BCUT2D eigenvalue weighted by Crippen LogP contribution is -2.45. The molecular formula is C13H25N3. The fourth-order valence-corrected chi connectivity index (χ4v) is 2.53. The summed E-state index contributed by atoms with van der Waals surface area (Å²) < 4.78 is 0. The highest BCUT2D eigenvalue weighted by Crippen LogP contribution is 2.16. The van der Waals surface area contributed by atoms with E-state index in [0.717, 1.165) is 19.0 Å². The number of hydrogen-bond donors (Lipinski definition) is 1. The molecule has 0 radical (unpaired) electrons. The molecule has 1 rings (SSSR count). The van der Waals surface area contributed by atoms with Crippen LogP contribution in [0.5, 0.6) is 0 Å². The highest BCUT2D eigenvalue weighted by atomic mass is 15.2. The predicted octanol–water partition coefficient (Wildman–Crippen LogP) is 2.00. The molecule has 1 aliphatic heterocycles. The highest BCUT2D eigenvalue weighted by molar-refractivity contribution is 4.83. The molecule has 0 aromatic rings. The van der Waals surface area contributed by atoms with Crippen molar-refractivity contribution in [1.29, 1.82) is 5.26 Å². The van der Waals surface area contributed by atoms with Gasteiger partial charge in [-0.25, -0.2) is 0 Å². The van der Waals surface area contributed by atoms with Gasteiger partial charge in [0.05, 0.1) is 12.5 Å². The summed E-state index contributed by atoms with van der Waals surface area (Å²) in [4.78, 5) is 2.47. The molecule has 0 saturated carbocycles. The normalized spacial score (nSPS) is 23.4. The Labute approximate surface area is 99.8 Å². The quantitative estimate of drug-likeness (QED) is 0.775. The van der Waals surface area contributed by atoms with E-state index in [-0.39, 0.29) is 0 Å². The molecule has 1 N–H and O–H groups in total. The smallest absolute Gasteiger partial charge is 0.0638 e. The molecule has 2 atom stereocenters. The van der Waals surface area contributed by atoms with Crippen LogP contribution >= 0.6 is 0 Å². The first-order valence-electron chi connectivity index (χ1n) is 6.48. The minimum Gasteiger partial charge on any atom is -0.316 e. The molecule has 0 amide bonds. The molecule has 3 heteroatoms. The lowest BCUT2D eigenvalue weighted by molar-refractivity contribution is 0.128. The zero-order valence-corrected chi connectivity index (χ0v) is 10.9. The summed E-state index contributed by atoms with van der Waals surface area (Å²) in [5, 5.41) is 12.2. The molecule has 3 nitrogen and oxygen atoms in total. The Balaban J connectivity index is 2.46. The number of piperidine rings is 1. The molecule has 2 unspecified atom stereocenters.